The maximum Gasteiger partial charge on any atom is 0.0216 e. The number of nitrogens with one attached hydrogen (secondary N) is 1. The quantitative estimate of drug-likeness (QED) is 0.779. The van der Waals surface area contributed by atoms with Crippen molar-refractivity contribution in [3.05, 3.63) is 21.9 Å². The fraction of sp³-hybridized carbons (Fsp3) is 0.636. The Hall–Kier alpha value is -0.340. The molecule has 1 fully saturated rings. The molecule has 0 atom stereocenters. The molecule has 0 bridgehead atoms. The Morgan fingerprint density at radius 1 is 1.46 bits per heavy atom. The summed E-state index contributed by atoms with van der Waals surface area (Å²) in [5.74, 6) is 0.971. The fourth-order valence-corrected chi connectivity index (χ4v) is 2.53. The van der Waals surface area contributed by atoms with Gasteiger partial charge in [0, 0.05) is 6.54 Å². The topological polar surface area (TPSA) is 12.0 Å². The average Bonchev–Trinajstić information content (AvgIpc) is 2.42. The maximum atomic E-state index is 3.54. The van der Waals surface area contributed by atoms with E-state index in [2.05, 4.69) is 23.0 Å². The van der Waals surface area contributed by atoms with Crippen molar-refractivity contribution in [3.8, 4) is 0 Å². The normalized spacial score (nSPS) is 17.3. The molecule has 1 aromatic rings. The molecule has 13 heavy (non-hydrogen) atoms. The van der Waals surface area contributed by atoms with Crippen LogP contribution < -0.4 is 5.32 Å². The average molecular weight is 195 g/mol. The van der Waals surface area contributed by atoms with E-state index in [1.54, 1.807) is 11.3 Å². The predicted octanol–water partition coefficient (Wildman–Crippen LogP) is 2.95. The Bertz CT molecular complexity index is 263. The first-order chi connectivity index (χ1) is 6.36. The van der Waals surface area contributed by atoms with Crippen molar-refractivity contribution in [2.24, 2.45) is 5.92 Å². The molecular weight excluding hydrogens is 178 g/mol. The zero-order chi connectivity index (χ0) is 9.10. The molecule has 1 heterocycles. The van der Waals surface area contributed by atoms with Crippen LogP contribution in [0.3, 0.4) is 0 Å². The van der Waals surface area contributed by atoms with Crippen LogP contribution in [0.2, 0.25) is 0 Å². The van der Waals surface area contributed by atoms with E-state index in [-0.39, 0.29) is 0 Å². The summed E-state index contributed by atoms with van der Waals surface area (Å²) in [6, 6.07) is 0. The van der Waals surface area contributed by atoms with Crippen LogP contribution >= 0.6 is 11.3 Å². The third-order valence-electron chi connectivity index (χ3n) is 2.93. The van der Waals surface area contributed by atoms with Crippen LogP contribution in [0.5, 0.6) is 0 Å². The molecule has 1 aromatic heterocycles. The molecule has 1 aliphatic rings. The van der Waals surface area contributed by atoms with Gasteiger partial charge in [0.05, 0.1) is 0 Å². The fourth-order valence-electron chi connectivity index (χ4n) is 1.68. The molecule has 1 aliphatic carbocycles. The minimum absolute atomic E-state index is 0.971. The lowest BCUT2D eigenvalue weighted by molar-refractivity contribution is 0.301. The van der Waals surface area contributed by atoms with Gasteiger partial charge < -0.3 is 5.32 Å². The highest BCUT2D eigenvalue weighted by Crippen LogP contribution is 2.25. The lowest BCUT2D eigenvalue weighted by Crippen LogP contribution is -2.26. The monoisotopic (exact) mass is 195 g/mol. The van der Waals surface area contributed by atoms with Gasteiger partial charge in [-0.05, 0) is 54.1 Å². The summed E-state index contributed by atoms with van der Waals surface area (Å²) >= 11 is 1.80. The van der Waals surface area contributed by atoms with E-state index >= 15 is 0 Å². The Labute approximate surface area is 84.2 Å². The van der Waals surface area contributed by atoms with E-state index in [4.69, 9.17) is 0 Å². The molecule has 0 unspecified atom stereocenters. The summed E-state index contributed by atoms with van der Waals surface area (Å²) in [7, 11) is 0. The first kappa shape index (κ1) is 9.22. The Balaban J connectivity index is 1.70. The van der Waals surface area contributed by atoms with E-state index in [9.17, 15) is 0 Å². The van der Waals surface area contributed by atoms with Crippen molar-refractivity contribution < 1.29 is 0 Å². The largest absolute Gasteiger partial charge is 0.312 e. The van der Waals surface area contributed by atoms with Crippen molar-refractivity contribution in [3.63, 3.8) is 0 Å². The zero-order valence-electron chi connectivity index (χ0n) is 8.18. The van der Waals surface area contributed by atoms with Crippen LogP contribution in [0, 0.1) is 12.8 Å². The summed E-state index contributed by atoms with van der Waals surface area (Å²) in [6.45, 7) is 4.47. The Kier molecular flexibility index (Phi) is 3.01. The van der Waals surface area contributed by atoms with Crippen molar-refractivity contribution in [1.29, 1.82) is 0 Å². The maximum absolute atomic E-state index is 3.54. The molecule has 1 saturated carbocycles. The summed E-state index contributed by atoms with van der Waals surface area (Å²) < 4.78 is 0. The van der Waals surface area contributed by atoms with Crippen molar-refractivity contribution in [2.45, 2.75) is 32.7 Å². The van der Waals surface area contributed by atoms with Gasteiger partial charge >= 0.3 is 0 Å². The standard InChI is InChI=1S/C11H17NS/c1-9-7-13-8-11(9)6-12-5-10-3-2-4-10/h7-8,10,12H,2-6H2,1H3. The minimum Gasteiger partial charge on any atom is -0.312 e. The predicted molar refractivity (Wildman–Crippen MR) is 58.1 cm³/mol. The van der Waals surface area contributed by atoms with Crippen LogP contribution in [-0.4, -0.2) is 6.54 Å². The number of thiophene rings is 1. The molecule has 0 aliphatic heterocycles. The van der Waals surface area contributed by atoms with Gasteiger partial charge in [-0.3, -0.25) is 0 Å². The van der Waals surface area contributed by atoms with Gasteiger partial charge in [0.2, 0.25) is 0 Å². The first-order valence-corrected chi connectivity index (χ1v) is 6.03. The molecule has 2 heteroatoms. The van der Waals surface area contributed by atoms with Gasteiger partial charge in [0.1, 0.15) is 0 Å². The summed E-state index contributed by atoms with van der Waals surface area (Å²) in [5, 5.41) is 8.01. The zero-order valence-corrected chi connectivity index (χ0v) is 8.99. The van der Waals surface area contributed by atoms with Gasteiger partial charge in [0.15, 0.2) is 0 Å². The van der Waals surface area contributed by atoms with Gasteiger partial charge in [-0.25, -0.2) is 0 Å². The highest BCUT2D eigenvalue weighted by molar-refractivity contribution is 7.08. The molecular formula is C11H17NS. The van der Waals surface area contributed by atoms with E-state index in [1.807, 2.05) is 0 Å². The molecule has 0 radical (unpaired) electrons. The summed E-state index contributed by atoms with van der Waals surface area (Å²) in [5.41, 5.74) is 2.91. The SMILES string of the molecule is Cc1cscc1CNCC1CCC1. The second kappa shape index (κ2) is 4.25. The van der Waals surface area contributed by atoms with Crippen LogP contribution in [0.4, 0.5) is 0 Å². The minimum atomic E-state index is 0.971. The van der Waals surface area contributed by atoms with Crippen molar-refractivity contribution in [1.82, 2.24) is 5.32 Å². The molecule has 2 rings (SSSR count). The molecule has 0 spiro atoms. The van der Waals surface area contributed by atoms with Gasteiger partial charge in [0.25, 0.3) is 0 Å². The van der Waals surface area contributed by atoms with Crippen LogP contribution in [0.15, 0.2) is 10.8 Å². The molecule has 0 saturated heterocycles. The third-order valence-corrected chi connectivity index (χ3v) is 3.85. The number of hydrogen-bond acceptors (Lipinski definition) is 2. The second-order valence-corrected chi connectivity index (χ2v) is 4.75. The molecule has 0 amide bonds. The van der Waals surface area contributed by atoms with Crippen LogP contribution in [0.25, 0.3) is 0 Å². The summed E-state index contributed by atoms with van der Waals surface area (Å²) in [4.78, 5) is 0. The van der Waals surface area contributed by atoms with E-state index in [1.165, 1.54) is 36.9 Å². The van der Waals surface area contributed by atoms with E-state index in [0.29, 0.717) is 0 Å². The lowest BCUT2D eigenvalue weighted by atomic mass is 9.85. The van der Waals surface area contributed by atoms with Crippen molar-refractivity contribution in [2.75, 3.05) is 6.54 Å². The molecule has 72 valence electrons. The number of rotatable bonds is 4. The molecule has 1 nitrogen and oxygen atoms in total. The van der Waals surface area contributed by atoms with Crippen molar-refractivity contribution >= 4 is 11.3 Å². The lowest BCUT2D eigenvalue weighted by Gasteiger charge is -2.25. The van der Waals surface area contributed by atoms with Gasteiger partial charge in [-0.2, -0.15) is 11.3 Å². The smallest absolute Gasteiger partial charge is 0.0216 e. The second-order valence-electron chi connectivity index (χ2n) is 4.01. The molecule has 0 aromatic carbocycles. The third kappa shape index (κ3) is 2.32. The highest BCUT2D eigenvalue weighted by atomic mass is 32.1. The van der Waals surface area contributed by atoms with E-state index < -0.39 is 0 Å². The Morgan fingerprint density at radius 2 is 2.31 bits per heavy atom. The summed E-state index contributed by atoms with van der Waals surface area (Å²) in [6.07, 6.45) is 4.33. The van der Waals surface area contributed by atoms with Gasteiger partial charge in [-0.15, -0.1) is 0 Å². The van der Waals surface area contributed by atoms with E-state index in [0.717, 1.165) is 12.5 Å². The van der Waals surface area contributed by atoms with Gasteiger partial charge in [-0.1, -0.05) is 6.42 Å². The number of aryl methyl sites for hydroxylation is 1. The Morgan fingerprint density at radius 3 is 2.85 bits per heavy atom. The van der Waals surface area contributed by atoms with Crippen LogP contribution in [-0.2, 0) is 6.54 Å². The first-order valence-electron chi connectivity index (χ1n) is 5.08. The van der Waals surface area contributed by atoms with Crippen LogP contribution in [0.1, 0.15) is 30.4 Å². The highest BCUT2D eigenvalue weighted by Gasteiger charge is 2.16. The molecule has 1 N–H and O–H groups in total. The number of hydrogen-bond donors (Lipinski definition) is 1.